The number of urea groups is 1. The number of terminal acetylenes is 1. The van der Waals surface area contributed by atoms with Crippen LogP contribution in [0.1, 0.15) is 33.6 Å². The first-order valence-electron chi connectivity index (χ1n) is 10.4. The molecule has 3 amide bonds. The Bertz CT molecular complexity index is 810. The summed E-state index contributed by atoms with van der Waals surface area (Å²) in [6.07, 6.45) is 8.81. The molecule has 1 aromatic carbocycles. The van der Waals surface area contributed by atoms with Crippen molar-refractivity contribution in [2.45, 2.75) is 33.6 Å². The largest absolute Gasteiger partial charge is 0.497 e. The molecule has 1 aliphatic rings. The van der Waals surface area contributed by atoms with Crippen LogP contribution in [0.3, 0.4) is 0 Å². The minimum atomic E-state index is -0.243. The fourth-order valence-corrected chi connectivity index (χ4v) is 4.04. The van der Waals surface area contributed by atoms with Crippen LogP contribution >= 0.6 is 0 Å². The van der Waals surface area contributed by atoms with Gasteiger partial charge in [-0.15, -0.1) is 6.42 Å². The number of methoxy groups -OCH3 is 1. The number of allylic oxidation sites excluding steroid dienone is 1. The highest BCUT2D eigenvalue weighted by atomic mass is 16.5. The van der Waals surface area contributed by atoms with Crippen molar-refractivity contribution in [2.24, 2.45) is 23.7 Å². The molecule has 0 fully saturated rings. The Morgan fingerprint density at radius 1 is 1.30 bits per heavy atom. The molecule has 0 heterocycles. The summed E-state index contributed by atoms with van der Waals surface area (Å²) in [6.45, 7) is 7.26. The molecule has 0 aromatic heterocycles. The molecule has 1 aromatic rings. The molecule has 6 heteroatoms. The summed E-state index contributed by atoms with van der Waals surface area (Å²) in [5.41, 5.74) is 1.88. The average Bonchev–Trinajstić information content (AvgIpc) is 2.72. The number of ether oxygens (including phenoxy) is 1. The number of amides is 3. The van der Waals surface area contributed by atoms with Crippen molar-refractivity contribution in [3.8, 4) is 18.1 Å². The van der Waals surface area contributed by atoms with Gasteiger partial charge >= 0.3 is 6.03 Å². The van der Waals surface area contributed by atoms with Crippen molar-refractivity contribution in [3.63, 3.8) is 0 Å². The lowest BCUT2D eigenvalue weighted by atomic mass is 9.70. The van der Waals surface area contributed by atoms with E-state index >= 15 is 0 Å². The summed E-state index contributed by atoms with van der Waals surface area (Å²) in [5, 5.41) is 8.59. The molecule has 3 N–H and O–H groups in total. The number of hydrogen-bond acceptors (Lipinski definition) is 3. The van der Waals surface area contributed by atoms with E-state index in [1.165, 1.54) is 5.57 Å². The molecule has 162 valence electrons. The van der Waals surface area contributed by atoms with Crippen molar-refractivity contribution < 1.29 is 14.3 Å². The quantitative estimate of drug-likeness (QED) is 0.450. The van der Waals surface area contributed by atoms with Gasteiger partial charge in [0, 0.05) is 24.7 Å². The zero-order chi connectivity index (χ0) is 22.1. The predicted octanol–water partition coefficient (Wildman–Crippen LogP) is 3.81. The normalized spacial score (nSPS) is 20.7. The topological polar surface area (TPSA) is 79.5 Å². The summed E-state index contributed by atoms with van der Waals surface area (Å²) in [6, 6.07) is 7.01. The lowest BCUT2D eigenvalue weighted by Crippen LogP contribution is -2.39. The van der Waals surface area contributed by atoms with E-state index in [-0.39, 0.29) is 30.3 Å². The van der Waals surface area contributed by atoms with E-state index in [9.17, 15) is 9.59 Å². The molecule has 1 aliphatic carbocycles. The molecule has 0 aliphatic heterocycles. The van der Waals surface area contributed by atoms with Crippen molar-refractivity contribution in [1.82, 2.24) is 10.6 Å². The molecule has 2 rings (SSSR count). The van der Waals surface area contributed by atoms with Gasteiger partial charge in [0.05, 0.1) is 13.7 Å². The number of carbonyl (C=O) groups excluding carboxylic acids is 2. The first kappa shape index (κ1) is 23.3. The third kappa shape index (κ3) is 6.84. The molecule has 0 spiro atoms. The second kappa shape index (κ2) is 11.3. The summed E-state index contributed by atoms with van der Waals surface area (Å²) in [4.78, 5) is 24.5. The van der Waals surface area contributed by atoms with Crippen LogP contribution in [-0.4, -0.2) is 32.1 Å². The Hall–Kier alpha value is -2.94. The van der Waals surface area contributed by atoms with Crippen LogP contribution in [0.4, 0.5) is 10.5 Å². The SMILES string of the molecule is C#CCNC(=O)C[C@@H]1C[C@@H](C(C)C)[C@H](CNC(=O)Nc2cccc(OC)c2)C=C1C. The van der Waals surface area contributed by atoms with Crippen LogP contribution in [0.25, 0.3) is 0 Å². The highest BCUT2D eigenvalue weighted by Crippen LogP contribution is 2.38. The summed E-state index contributed by atoms with van der Waals surface area (Å²) >= 11 is 0. The van der Waals surface area contributed by atoms with E-state index in [4.69, 9.17) is 11.2 Å². The van der Waals surface area contributed by atoms with Gasteiger partial charge in [-0.1, -0.05) is 37.5 Å². The van der Waals surface area contributed by atoms with Gasteiger partial charge in [0.25, 0.3) is 0 Å². The van der Waals surface area contributed by atoms with Crippen LogP contribution in [0.5, 0.6) is 5.75 Å². The fraction of sp³-hybridized carbons (Fsp3) is 0.500. The van der Waals surface area contributed by atoms with E-state index < -0.39 is 0 Å². The van der Waals surface area contributed by atoms with E-state index in [2.05, 4.69) is 48.7 Å². The molecular weight excluding hydrogens is 378 g/mol. The molecule has 0 radical (unpaired) electrons. The van der Waals surface area contributed by atoms with Crippen LogP contribution in [0.2, 0.25) is 0 Å². The monoisotopic (exact) mass is 411 g/mol. The maximum absolute atomic E-state index is 12.4. The summed E-state index contributed by atoms with van der Waals surface area (Å²) in [5.74, 6) is 4.37. The third-order valence-corrected chi connectivity index (χ3v) is 5.73. The molecule has 30 heavy (non-hydrogen) atoms. The predicted molar refractivity (Wildman–Crippen MR) is 120 cm³/mol. The molecule has 0 saturated heterocycles. The fourth-order valence-electron chi connectivity index (χ4n) is 4.04. The standard InChI is InChI=1S/C24H33N3O3/c1-6-10-25-23(28)13-18-12-22(16(2)3)19(11-17(18)4)15-26-24(29)27-20-8-7-9-21(14-20)30-5/h1,7-9,11,14,16,18-19,22H,10,12-13,15H2,2-5H3,(H,25,28)(H2,26,27,29)/t18-,19-,22-/m0/s1. The number of benzene rings is 1. The first-order valence-corrected chi connectivity index (χ1v) is 10.4. The maximum atomic E-state index is 12.4. The highest BCUT2D eigenvalue weighted by molar-refractivity contribution is 5.89. The van der Waals surface area contributed by atoms with Crippen molar-refractivity contribution in [2.75, 3.05) is 25.5 Å². The van der Waals surface area contributed by atoms with Gasteiger partial charge in [0.15, 0.2) is 0 Å². The van der Waals surface area contributed by atoms with Gasteiger partial charge < -0.3 is 20.7 Å². The number of carbonyl (C=O) groups is 2. The Kier molecular flexibility index (Phi) is 8.79. The van der Waals surface area contributed by atoms with Crippen LogP contribution in [0.15, 0.2) is 35.9 Å². The Balaban J connectivity index is 1.97. The number of hydrogen-bond donors (Lipinski definition) is 3. The number of anilines is 1. The molecule has 0 bridgehead atoms. The van der Waals surface area contributed by atoms with E-state index in [1.807, 2.05) is 18.2 Å². The smallest absolute Gasteiger partial charge is 0.319 e. The second-order valence-corrected chi connectivity index (χ2v) is 8.17. The van der Waals surface area contributed by atoms with Crippen LogP contribution in [-0.2, 0) is 4.79 Å². The summed E-state index contributed by atoms with van der Waals surface area (Å²) in [7, 11) is 1.59. The minimum absolute atomic E-state index is 0.0116. The van der Waals surface area contributed by atoms with Gasteiger partial charge in [-0.2, -0.15) is 0 Å². The lowest BCUT2D eigenvalue weighted by molar-refractivity contribution is -0.121. The van der Waals surface area contributed by atoms with Crippen LogP contribution in [0, 0.1) is 36.0 Å². The van der Waals surface area contributed by atoms with Gasteiger partial charge in [-0.3, -0.25) is 4.79 Å². The van der Waals surface area contributed by atoms with Gasteiger partial charge in [0.1, 0.15) is 5.75 Å². The maximum Gasteiger partial charge on any atom is 0.319 e. The van der Waals surface area contributed by atoms with E-state index in [0.717, 1.165) is 6.42 Å². The Labute approximate surface area is 179 Å². The zero-order valence-corrected chi connectivity index (χ0v) is 18.3. The van der Waals surface area contributed by atoms with Crippen molar-refractivity contribution >= 4 is 17.6 Å². The Morgan fingerprint density at radius 2 is 2.07 bits per heavy atom. The van der Waals surface area contributed by atoms with Gasteiger partial charge in [-0.25, -0.2) is 4.79 Å². The average molecular weight is 412 g/mol. The molecule has 0 unspecified atom stereocenters. The first-order chi connectivity index (χ1) is 14.3. The highest BCUT2D eigenvalue weighted by Gasteiger charge is 2.32. The second-order valence-electron chi connectivity index (χ2n) is 8.17. The van der Waals surface area contributed by atoms with Gasteiger partial charge in [0.2, 0.25) is 5.91 Å². The van der Waals surface area contributed by atoms with Crippen LogP contribution < -0.4 is 20.7 Å². The lowest BCUT2D eigenvalue weighted by Gasteiger charge is -2.37. The third-order valence-electron chi connectivity index (χ3n) is 5.73. The molecular formula is C24H33N3O3. The zero-order valence-electron chi connectivity index (χ0n) is 18.3. The summed E-state index contributed by atoms with van der Waals surface area (Å²) < 4.78 is 5.19. The Morgan fingerprint density at radius 3 is 2.73 bits per heavy atom. The van der Waals surface area contributed by atoms with E-state index in [0.29, 0.717) is 36.2 Å². The van der Waals surface area contributed by atoms with Crippen molar-refractivity contribution in [3.05, 3.63) is 35.9 Å². The van der Waals surface area contributed by atoms with Crippen molar-refractivity contribution in [1.29, 1.82) is 0 Å². The van der Waals surface area contributed by atoms with Gasteiger partial charge in [-0.05, 0) is 49.1 Å². The van der Waals surface area contributed by atoms with E-state index in [1.54, 1.807) is 13.2 Å². The minimum Gasteiger partial charge on any atom is -0.497 e. The number of rotatable bonds is 8. The molecule has 0 saturated carbocycles. The number of nitrogens with one attached hydrogen (secondary N) is 3. The molecule has 6 nitrogen and oxygen atoms in total. The molecule has 3 atom stereocenters.